The average molecular weight is 804 g/mol. The van der Waals surface area contributed by atoms with Crippen molar-refractivity contribution in [2.45, 2.75) is 69.3 Å². The molecule has 0 unspecified atom stereocenters. The van der Waals surface area contributed by atoms with Gasteiger partial charge in [0.05, 0.1) is 49.1 Å². The molecule has 2 aliphatic heterocycles. The lowest BCUT2D eigenvalue weighted by atomic mass is 10.0. The fourth-order valence-electron chi connectivity index (χ4n) is 7.93. The summed E-state index contributed by atoms with van der Waals surface area (Å²) in [5.41, 5.74) is 6.22. The second-order valence-corrected chi connectivity index (χ2v) is 14.9. The molecular weight excluding hydrogens is 755 g/mol. The maximum absolute atomic E-state index is 13.9. The van der Waals surface area contributed by atoms with Crippen molar-refractivity contribution in [2.75, 3.05) is 34.4 Å². The van der Waals surface area contributed by atoms with Crippen molar-refractivity contribution in [3.8, 4) is 33.6 Å². The molecule has 2 fully saturated rings. The van der Waals surface area contributed by atoms with E-state index in [0.717, 1.165) is 57.8 Å². The molecule has 0 radical (unpaired) electrons. The van der Waals surface area contributed by atoms with Crippen molar-refractivity contribution in [3.05, 3.63) is 103 Å². The molecule has 5 aromatic rings. The van der Waals surface area contributed by atoms with E-state index in [0.29, 0.717) is 36.9 Å². The van der Waals surface area contributed by atoms with Gasteiger partial charge in [0.1, 0.15) is 23.7 Å². The van der Waals surface area contributed by atoms with Crippen LogP contribution in [0.2, 0.25) is 0 Å². The quantitative estimate of drug-likeness (QED) is 0.112. The number of benzene rings is 2. The van der Waals surface area contributed by atoms with E-state index in [1.807, 2.05) is 54.6 Å². The molecule has 4 N–H and O–H groups in total. The number of aromatic amines is 2. The van der Waals surface area contributed by atoms with Crippen LogP contribution in [0.4, 0.5) is 9.59 Å². The van der Waals surface area contributed by atoms with Gasteiger partial charge in [0.25, 0.3) is 0 Å². The third-order valence-electron chi connectivity index (χ3n) is 11.4. The first-order valence-electron chi connectivity index (χ1n) is 19.7. The Balaban J connectivity index is 1.01. The molecule has 4 amide bonds. The summed E-state index contributed by atoms with van der Waals surface area (Å²) in [5, 5.41) is 12.4. The number of methoxy groups -OCH3 is 2. The zero-order valence-electron chi connectivity index (χ0n) is 33.5. The molecule has 3 aromatic heterocycles. The number of carbonyl (C=O) groups excluding carboxylic acids is 3. The first-order valence-corrected chi connectivity index (χ1v) is 19.7. The smallest absolute Gasteiger partial charge is 0.407 e. The number of carboxylic acid groups (broad SMARTS) is 1. The Hall–Kier alpha value is -6.55. The van der Waals surface area contributed by atoms with Crippen molar-refractivity contribution < 1.29 is 33.8 Å². The standard InChI is InChI=1S/C43H49N9O7/c1-26(58-3)37(49-42(55)59-4)41(54)52-22-8-11-35(52)39-46-25-33(48-39)30-18-14-28(15-19-30)27-12-16-29(17-13-27)32-24-45-38(47-32)34-10-7-21-51(34)40(53)36(50(2)43(56)57)23-31-9-5-6-20-44-31/h5-6,9,12-20,24-26,34-37H,7-8,10-11,21-23H2,1-4H3,(H,45,47)(H,46,48)(H,49,55)(H,56,57)/t26-,34+,35+,36+,37+/m1/s1. The Morgan fingerprint density at radius 2 is 1.32 bits per heavy atom. The SMILES string of the molecule is COC(=O)N[C@H](C(=O)N1CCC[C@H]1c1ncc(-c2ccc(-c3ccc(-c4cnc([C@@H]5CCCN5C(=O)[C@H](Cc5ccccn5)N(C)C(=O)O)[nH]4)cc3)cc2)[nH]1)[C@@H](C)OC. The number of ether oxygens (including phenoxy) is 2. The second-order valence-electron chi connectivity index (χ2n) is 14.9. The van der Waals surface area contributed by atoms with Gasteiger partial charge in [-0.05, 0) is 67.0 Å². The highest BCUT2D eigenvalue weighted by atomic mass is 16.5. The van der Waals surface area contributed by atoms with E-state index in [1.165, 1.54) is 21.3 Å². The summed E-state index contributed by atoms with van der Waals surface area (Å²) in [7, 11) is 4.17. The number of nitrogens with zero attached hydrogens (tertiary/aromatic N) is 6. The van der Waals surface area contributed by atoms with Gasteiger partial charge in [-0.1, -0.05) is 54.6 Å². The summed E-state index contributed by atoms with van der Waals surface area (Å²) in [6.45, 7) is 2.77. The zero-order valence-corrected chi connectivity index (χ0v) is 33.5. The number of nitrogens with one attached hydrogen (secondary N) is 3. The molecule has 59 heavy (non-hydrogen) atoms. The number of imidazole rings is 2. The number of alkyl carbamates (subject to hydrolysis) is 1. The topological polar surface area (TPSA) is 199 Å². The minimum atomic E-state index is -1.18. The van der Waals surface area contributed by atoms with Crippen molar-refractivity contribution in [3.63, 3.8) is 0 Å². The normalized spacial score (nSPS) is 18.0. The maximum Gasteiger partial charge on any atom is 0.407 e. The highest BCUT2D eigenvalue weighted by Gasteiger charge is 2.40. The highest BCUT2D eigenvalue weighted by Crippen LogP contribution is 2.35. The summed E-state index contributed by atoms with van der Waals surface area (Å²) >= 11 is 0. The fourth-order valence-corrected chi connectivity index (χ4v) is 7.93. The van der Waals surface area contributed by atoms with Gasteiger partial charge in [0.2, 0.25) is 11.8 Å². The number of hydrogen-bond acceptors (Lipinski definition) is 9. The van der Waals surface area contributed by atoms with Gasteiger partial charge in [0, 0.05) is 45.6 Å². The molecule has 0 saturated carbocycles. The van der Waals surface area contributed by atoms with Gasteiger partial charge in [-0.15, -0.1) is 0 Å². The first-order chi connectivity index (χ1) is 28.6. The molecule has 0 spiro atoms. The summed E-state index contributed by atoms with van der Waals surface area (Å²) < 4.78 is 10.1. The monoisotopic (exact) mass is 803 g/mol. The minimum absolute atomic E-state index is 0.173. The van der Waals surface area contributed by atoms with Crippen LogP contribution in [-0.2, 0) is 25.5 Å². The van der Waals surface area contributed by atoms with E-state index in [1.54, 1.807) is 47.4 Å². The zero-order chi connectivity index (χ0) is 41.6. The second kappa shape index (κ2) is 17.9. The van der Waals surface area contributed by atoms with Crippen LogP contribution in [0.25, 0.3) is 33.6 Å². The van der Waals surface area contributed by atoms with Gasteiger partial charge in [-0.3, -0.25) is 19.5 Å². The number of likely N-dealkylation sites (tertiary alicyclic amines) is 2. The van der Waals surface area contributed by atoms with Gasteiger partial charge >= 0.3 is 12.2 Å². The molecule has 16 heteroatoms. The lowest BCUT2D eigenvalue weighted by Gasteiger charge is -2.31. The lowest BCUT2D eigenvalue weighted by Crippen LogP contribution is -2.54. The summed E-state index contributed by atoms with van der Waals surface area (Å²) in [6.07, 6.45) is 5.94. The van der Waals surface area contributed by atoms with Gasteiger partial charge in [0.15, 0.2) is 0 Å². The van der Waals surface area contributed by atoms with Crippen LogP contribution in [0.15, 0.2) is 85.3 Å². The Bertz CT molecular complexity index is 2240. The lowest BCUT2D eigenvalue weighted by molar-refractivity contribution is -0.138. The number of rotatable bonds is 13. The molecule has 0 aliphatic carbocycles. The minimum Gasteiger partial charge on any atom is -0.465 e. The molecule has 7 rings (SSSR count). The van der Waals surface area contributed by atoms with Gasteiger partial charge < -0.3 is 39.7 Å². The number of amides is 4. The fraction of sp³-hybridized carbons (Fsp3) is 0.372. The Morgan fingerprint density at radius 3 is 1.80 bits per heavy atom. The number of likely N-dealkylation sites (N-methyl/N-ethyl adjacent to an activating group) is 1. The van der Waals surface area contributed by atoms with Crippen LogP contribution in [0.3, 0.4) is 0 Å². The average Bonchev–Trinajstić information content (AvgIpc) is 4.11. The Kier molecular flexibility index (Phi) is 12.4. The van der Waals surface area contributed by atoms with E-state index < -0.39 is 30.4 Å². The largest absolute Gasteiger partial charge is 0.465 e. The maximum atomic E-state index is 13.9. The molecule has 5 atom stereocenters. The third-order valence-corrected chi connectivity index (χ3v) is 11.4. The highest BCUT2D eigenvalue weighted by molar-refractivity contribution is 5.87. The first kappa shape index (κ1) is 40.6. The van der Waals surface area contributed by atoms with Crippen molar-refractivity contribution in [1.29, 1.82) is 0 Å². The summed E-state index contributed by atoms with van der Waals surface area (Å²) in [6, 6.07) is 19.3. The molecule has 308 valence electrons. The van der Waals surface area contributed by atoms with E-state index >= 15 is 0 Å². The predicted molar refractivity (Wildman–Crippen MR) is 218 cm³/mol. The van der Waals surface area contributed by atoms with Gasteiger partial charge in [-0.2, -0.15) is 0 Å². The van der Waals surface area contributed by atoms with E-state index in [-0.39, 0.29) is 30.3 Å². The van der Waals surface area contributed by atoms with E-state index in [9.17, 15) is 24.3 Å². The Morgan fingerprint density at radius 1 is 0.797 bits per heavy atom. The van der Waals surface area contributed by atoms with Crippen LogP contribution in [0, 0.1) is 0 Å². The third kappa shape index (κ3) is 8.82. The van der Waals surface area contributed by atoms with Crippen LogP contribution < -0.4 is 5.32 Å². The van der Waals surface area contributed by atoms with Crippen molar-refractivity contribution >= 4 is 24.0 Å². The molecule has 2 aromatic carbocycles. The Labute approximate surface area is 342 Å². The number of H-pyrrole nitrogens is 2. The predicted octanol–water partition coefficient (Wildman–Crippen LogP) is 5.84. The molecule has 2 aliphatic rings. The van der Waals surface area contributed by atoms with E-state index in [4.69, 9.17) is 9.47 Å². The molecule has 2 saturated heterocycles. The van der Waals surface area contributed by atoms with Crippen LogP contribution >= 0.6 is 0 Å². The number of carbonyl (C=O) groups is 4. The molecular formula is C43H49N9O7. The number of hydrogen-bond donors (Lipinski definition) is 4. The van der Waals surface area contributed by atoms with Crippen molar-refractivity contribution in [1.82, 2.24) is 44.9 Å². The van der Waals surface area contributed by atoms with Crippen LogP contribution in [-0.4, -0.2) is 121 Å². The van der Waals surface area contributed by atoms with Gasteiger partial charge in [-0.25, -0.2) is 19.6 Å². The van der Waals surface area contributed by atoms with Crippen LogP contribution in [0.1, 0.15) is 62.0 Å². The summed E-state index contributed by atoms with van der Waals surface area (Å²) in [5.74, 6) is 0.816. The molecule has 0 bridgehead atoms. The summed E-state index contributed by atoms with van der Waals surface area (Å²) in [4.78, 5) is 76.6. The number of pyridine rings is 1. The molecule has 16 nitrogen and oxygen atoms in total. The van der Waals surface area contributed by atoms with Crippen molar-refractivity contribution in [2.24, 2.45) is 0 Å². The van der Waals surface area contributed by atoms with E-state index in [2.05, 4.69) is 30.2 Å². The van der Waals surface area contributed by atoms with Crippen LogP contribution in [0.5, 0.6) is 0 Å². The number of aromatic nitrogens is 5. The molecule has 5 heterocycles.